The van der Waals surface area contributed by atoms with Gasteiger partial charge in [0.1, 0.15) is 0 Å². The second kappa shape index (κ2) is 7.05. The zero-order chi connectivity index (χ0) is 14.4. The Morgan fingerprint density at radius 2 is 1.95 bits per heavy atom. The van der Waals surface area contributed by atoms with Gasteiger partial charge in [-0.25, -0.2) is 0 Å². The molecule has 1 aliphatic rings. The van der Waals surface area contributed by atoms with Gasteiger partial charge < -0.3 is 15.5 Å². The second-order valence-electron chi connectivity index (χ2n) is 5.00. The van der Waals surface area contributed by atoms with Crippen molar-refractivity contribution < 1.29 is 9.59 Å². The Bertz CT molecular complexity index is 453. The van der Waals surface area contributed by atoms with Crippen LogP contribution in [-0.2, 0) is 9.59 Å². The number of carbonyl (C=O) groups excluding carboxylic acids is 2. The summed E-state index contributed by atoms with van der Waals surface area (Å²) in [5.41, 5.74) is 0.992. The zero-order valence-electron chi connectivity index (χ0n) is 11.8. The number of nitrogens with one attached hydrogen (secondary N) is 2. The van der Waals surface area contributed by atoms with Crippen LogP contribution < -0.4 is 10.6 Å². The lowest BCUT2D eigenvalue weighted by molar-refractivity contribution is -0.146. The molecule has 1 unspecified atom stereocenters. The SMILES string of the molecule is CC(NC(=O)C(=O)N1CCCNCC1)c1ccccc1. The van der Waals surface area contributed by atoms with Crippen molar-refractivity contribution in [3.05, 3.63) is 35.9 Å². The molecule has 0 saturated carbocycles. The van der Waals surface area contributed by atoms with Crippen LogP contribution in [0.4, 0.5) is 0 Å². The number of amides is 2. The Labute approximate surface area is 119 Å². The van der Waals surface area contributed by atoms with E-state index < -0.39 is 11.8 Å². The molecular weight excluding hydrogens is 254 g/mol. The minimum absolute atomic E-state index is 0.169. The normalized spacial score (nSPS) is 17.1. The summed E-state index contributed by atoms with van der Waals surface area (Å²) >= 11 is 0. The first-order valence-electron chi connectivity index (χ1n) is 7.04. The molecule has 1 saturated heterocycles. The lowest BCUT2D eigenvalue weighted by atomic mass is 10.1. The third-order valence-electron chi connectivity index (χ3n) is 3.47. The van der Waals surface area contributed by atoms with Gasteiger partial charge in [0.05, 0.1) is 6.04 Å². The van der Waals surface area contributed by atoms with Crippen molar-refractivity contribution in [2.24, 2.45) is 0 Å². The van der Waals surface area contributed by atoms with Crippen molar-refractivity contribution in [2.75, 3.05) is 26.2 Å². The van der Waals surface area contributed by atoms with Crippen LogP contribution >= 0.6 is 0 Å². The predicted molar refractivity (Wildman–Crippen MR) is 77.1 cm³/mol. The van der Waals surface area contributed by atoms with Crippen LogP contribution in [0.15, 0.2) is 30.3 Å². The van der Waals surface area contributed by atoms with E-state index in [-0.39, 0.29) is 6.04 Å². The summed E-state index contributed by atoms with van der Waals surface area (Å²) in [6, 6.07) is 9.46. The van der Waals surface area contributed by atoms with Crippen molar-refractivity contribution in [3.63, 3.8) is 0 Å². The minimum atomic E-state index is -0.525. The maximum Gasteiger partial charge on any atom is 0.311 e. The Balaban J connectivity index is 1.92. The van der Waals surface area contributed by atoms with E-state index in [4.69, 9.17) is 0 Å². The number of carbonyl (C=O) groups is 2. The van der Waals surface area contributed by atoms with Crippen molar-refractivity contribution in [2.45, 2.75) is 19.4 Å². The highest BCUT2D eigenvalue weighted by Gasteiger charge is 2.23. The standard InChI is InChI=1S/C15H21N3O2/c1-12(13-6-3-2-4-7-13)17-14(19)15(20)18-10-5-8-16-9-11-18/h2-4,6-7,12,16H,5,8-11H2,1H3,(H,17,19). The van der Waals surface area contributed by atoms with Crippen molar-refractivity contribution >= 4 is 11.8 Å². The summed E-state index contributed by atoms with van der Waals surface area (Å²) < 4.78 is 0. The molecule has 1 aliphatic heterocycles. The van der Waals surface area contributed by atoms with Gasteiger partial charge in [0, 0.05) is 19.6 Å². The minimum Gasteiger partial charge on any atom is -0.341 e. The summed E-state index contributed by atoms with van der Waals surface area (Å²) in [5, 5.41) is 5.98. The third-order valence-corrected chi connectivity index (χ3v) is 3.47. The number of rotatable bonds is 2. The van der Waals surface area contributed by atoms with Crippen molar-refractivity contribution in [3.8, 4) is 0 Å². The molecule has 1 atom stereocenters. The lowest BCUT2D eigenvalue weighted by Crippen LogP contribution is -2.45. The quantitative estimate of drug-likeness (QED) is 0.781. The Kier molecular flexibility index (Phi) is 5.12. The Morgan fingerprint density at radius 1 is 1.20 bits per heavy atom. The van der Waals surface area contributed by atoms with E-state index >= 15 is 0 Å². The van der Waals surface area contributed by atoms with E-state index in [1.807, 2.05) is 37.3 Å². The first-order valence-corrected chi connectivity index (χ1v) is 7.04. The summed E-state index contributed by atoms with van der Waals surface area (Å²) in [4.78, 5) is 25.7. The molecular formula is C15H21N3O2. The van der Waals surface area contributed by atoms with E-state index in [0.717, 1.165) is 25.1 Å². The molecule has 0 aromatic heterocycles. The Morgan fingerprint density at radius 3 is 2.70 bits per heavy atom. The van der Waals surface area contributed by atoms with E-state index in [1.54, 1.807) is 4.90 Å². The molecule has 0 spiro atoms. The predicted octanol–water partition coefficient (Wildman–Crippen LogP) is 0.686. The molecule has 0 aliphatic carbocycles. The molecule has 2 amide bonds. The fourth-order valence-electron chi connectivity index (χ4n) is 2.28. The highest BCUT2D eigenvalue weighted by atomic mass is 16.2. The number of hydrogen-bond donors (Lipinski definition) is 2. The van der Waals surface area contributed by atoms with Crippen LogP contribution in [0.2, 0.25) is 0 Å². The summed E-state index contributed by atoms with van der Waals surface area (Å²) in [6.45, 7) is 4.74. The molecule has 20 heavy (non-hydrogen) atoms. The second-order valence-corrected chi connectivity index (χ2v) is 5.00. The van der Waals surface area contributed by atoms with Crippen molar-refractivity contribution in [1.29, 1.82) is 0 Å². The molecule has 0 radical (unpaired) electrons. The molecule has 2 rings (SSSR count). The average Bonchev–Trinajstić information content (AvgIpc) is 2.76. The van der Waals surface area contributed by atoms with E-state index in [0.29, 0.717) is 13.1 Å². The van der Waals surface area contributed by atoms with Gasteiger partial charge in [-0.1, -0.05) is 30.3 Å². The molecule has 1 heterocycles. The van der Waals surface area contributed by atoms with Gasteiger partial charge in [-0.15, -0.1) is 0 Å². The molecule has 5 nitrogen and oxygen atoms in total. The molecule has 108 valence electrons. The lowest BCUT2D eigenvalue weighted by Gasteiger charge is -2.21. The maximum absolute atomic E-state index is 12.1. The first-order chi connectivity index (χ1) is 9.68. The van der Waals surface area contributed by atoms with Crippen LogP contribution in [0.3, 0.4) is 0 Å². The smallest absolute Gasteiger partial charge is 0.311 e. The van der Waals surface area contributed by atoms with E-state index in [2.05, 4.69) is 10.6 Å². The van der Waals surface area contributed by atoms with Gasteiger partial charge in [0.25, 0.3) is 0 Å². The van der Waals surface area contributed by atoms with Crippen LogP contribution in [0.5, 0.6) is 0 Å². The molecule has 1 fully saturated rings. The topological polar surface area (TPSA) is 61.4 Å². The van der Waals surface area contributed by atoms with Crippen LogP contribution in [0.25, 0.3) is 0 Å². The van der Waals surface area contributed by atoms with Gasteiger partial charge in [-0.3, -0.25) is 9.59 Å². The van der Waals surface area contributed by atoms with Crippen LogP contribution in [-0.4, -0.2) is 42.9 Å². The summed E-state index contributed by atoms with van der Waals surface area (Å²) in [7, 11) is 0. The largest absolute Gasteiger partial charge is 0.341 e. The Hall–Kier alpha value is -1.88. The molecule has 0 bridgehead atoms. The van der Waals surface area contributed by atoms with Gasteiger partial charge in [-0.05, 0) is 25.5 Å². The molecule has 1 aromatic carbocycles. The van der Waals surface area contributed by atoms with E-state index in [9.17, 15) is 9.59 Å². The van der Waals surface area contributed by atoms with Gasteiger partial charge in [-0.2, -0.15) is 0 Å². The monoisotopic (exact) mass is 275 g/mol. The number of nitrogens with zero attached hydrogens (tertiary/aromatic N) is 1. The third kappa shape index (κ3) is 3.81. The van der Waals surface area contributed by atoms with Gasteiger partial charge in [0.15, 0.2) is 0 Å². The molecule has 1 aromatic rings. The van der Waals surface area contributed by atoms with Crippen LogP contribution in [0.1, 0.15) is 24.9 Å². The molecule has 5 heteroatoms. The number of hydrogen-bond acceptors (Lipinski definition) is 3. The van der Waals surface area contributed by atoms with Gasteiger partial charge in [0.2, 0.25) is 0 Å². The molecule has 2 N–H and O–H groups in total. The summed E-state index contributed by atoms with van der Waals surface area (Å²) in [5.74, 6) is -0.959. The summed E-state index contributed by atoms with van der Waals surface area (Å²) in [6.07, 6.45) is 0.882. The highest BCUT2D eigenvalue weighted by molar-refractivity contribution is 6.35. The van der Waals surface area contributed by atoms with Crippen molar-refractivity contribution in [1.82, 2.24) is 15.5 Å². The highest BCUT2D eigenvalue weighted by Crippen LogP contribution is 2.11. The van der Waals surface area contributed by atoms with Crippen LogP contribution in [0, 0.1) is 0 Å². The fraction of sp³-hybridized carbons (Fsp3) is 0.467. The average molecular weight is 275 g/mol. The first kappa shape index (κ1) is 14.5. The maximum atomic E-state index is 12.1. The number of benzene rings is 1. The zero-order valence-corrected chi connectivity index (χ0v) is 11.8. The fourth-order valence-corrected chi connectivity index (χ4v) is 2.28. The van der Waals surface area contributed by atoms with E-state index in [1.165, 1.54) is 0 Å². The van der Waals surface area contributed by atoms with Gasteiger partial charge >= 0.3 is 11.8 Å².